The number of nitrogens with zero attached hydrogens (tertiary/aromatic N) is 3. The molecule has 1 aromatic heterocycles. The summed E-state index contributed by atoms with van der Waals surface area (Å²) in [6.45, 7) is 1.64. The molecule has 1 N–H and O–H groups in total. The maximum atomic E-state index is 13.4. The fourth-order valence-corrected chi connectivity index (χ4v) is 6.87. The van der Waals surface area contributed by atoms with Crippen molar-refractivity contribution in [3.8, 4) is 0 Å². The number of anilines is 1. The fourth-order valence-electron chi connectivity index (χ4n) is 5.17. The number of imidazole rings is 1. The van der Waals surface area contributed by atoms with Crippen molar-refractivity contribution < 1.29 is 13.2 Å². The predicted molar refractivity (Wildman–Crippen MR) is 128 cm³/mol. The van der Waals surface area contributed by atoms with Gasteiger partial charge in [0.05, 0.1) is 35.1 Å². The van der Waals surface area contributed by atoms with E-state index in [0.717, 1.165) is 29.6 Å². The van der Waals surface area contributed by atoms with Crippen molar-refractivity contribution in [2.24, 2.45) is 0 Å². The van der Waals surface area contributed by atoms with E-state index in [4.69, 9.17) is 0 Å². The minimum absolute atomic E-state index is 0.0131. The zero-order valence-corrected chi connectivity index (χ0v) is 19.2. The van der Waals surface area contributed by atoms with Gasteiger partial charge in [-0.05, 0) is 43.5 Å². The van der Waals surface area contributed by atoms with Crippen LogP contribution in [0.2, 0.25) is 0 Å². The molecule has 8 nitrogen and oxygen atoms in total. The van der Waals surface area contributed by atoms with Crippen molar-refractivity contribution in [1.29, 1.82) is 0 Å². The van der Waals surface area contributed by atoms with E-state index in [0.29, 0.717) is 19.5 Å². The first-order chi connectivity index (χ1) is 15.9. The molecule has 174 valence electrons. The zero-order chi connectivity index (χ0) is 23.0. The van der Waals surface area contributed by atoms with Crippen LogP contribution in [-0.2, 0) is 14.6 Å². The zero-order valence-electron chi connectivity index (χ0n) is 18.4. The number of aromatic nitrogens is 2. The highest BCUT2D eigenvalue weighted by molar-refractivity contribution is 7.91. The number of para-hydroxylation sites is 3. The van der Waals surface area contributed by atoms with Crippen molar-refractivity contribution in [2.45, 2.75) is 31.3 Å². The number of hydrogen-bond donors (Lipinski definition) is 1. The topological polar surface area (TPSA) is 95.5 Å². The molecule has 5 rings (SSSR count). The Labute approximate surface area is 192 Å². The second-order valence-corrected chi connectivity index (χ2v) is 11.2. The Morgan fingerprint density at radius 3 is 2.39 bits per heavy atom. The third-order valence-corrected chi connectivity index (χ3v) is 8.53. The number of benzene rings is 2. The minimum Gasteiger partial charge on any atom is -0.307 e. The Morgan fingerprint density at radius 1 is 1.00 bits per heavy atom. The van der Waals surface area contributed by atoms with Crippen molar-refractivity contribution in [3.63, 3.8) is 0 Å². The molecule has 9 heteroatoms. The van der Waals surface area contributed by atoms with Crippen molar-refractivity contribution >= 4 is 32.5 Å². The number of amides is 1. The lowest BCUT2D eigenvalue weighted by molar-refractivity contribution is -0.120. The number of piperidine rings is 1. The molecule has 0 unspecified atom stereocenters. The van der Waals surface area contributed by atoms with Crippen LogP contribution in [0.5, 0.6) is 0 Å². The Bertz CT molecular complexity index is 1310. The van der Waals surface area contributed by atoms with E-state index in [1.807, 2.05) is 59.2 Å². The Hall–Kier alpha value is -2.91. The van der Waals surface area contributed by atoms with E-state index < -0.39 is 9.84 Å². The van der Waals surface area contributed by atoms with Gasteiger partial charge in [-0.25, -0.2) is 13.2 Å². The van der Waals surface area contributed by atoms with Gasteiger partial charge in [-0.1, -0.05) is 30.3 Å². The number of carbonyl (C=O) groups excluding carboxylic acids is 1. The summed E-state index contributed by atoms with van der Waals surface area (Å²) in [5.74, 6) is 0.0594. The maximum Gasteiger partial charge on any atom is 0.326 e. The van der Waals surface area contributed by atoms with Crippen molar-refractivity contribution in [2.75, 3.05) is 36.0 Å². The van der Waals surface area contributed by atoms with Gasteiger partial charge in [0.1, 0.15) is 0 Å². The number of likely N-dealkylation sites (tertiary alicyclic amines) is 1. The third-order valence-electron chi connectivity index (χ3n) is 6.78. The summed E-state index contributed by atoms with van der Waals surface area (Å²) in [5.41, 5.74) is 2.40. The van der Waals surface area contributed by atoms with Crippen molar-refractivity contribution in [3.05, 3.63) is 65.1 Å². The number of fused-ring (bicyclic) bond motifs is 1. The number of aromatic amines is 1. The van der Waals surface area contributed by atoms with Crippen LogP contribution in [0.15, 0.2) is 59.4 Å². The van der Waals surface area contributed by atoms with Crippen LogP contribution >= 0.6 is 0 Å². The normalized spacial score (nSPS) is 21.4. The summed E-state index contributed by atoms with van der Waals surface area (Å²) in [6, 6.07) is 16.8. The number of rotatable bonds is 5. The number of nitrogens with one attached hydrogen (secondary N) is 1. The minimum atomic E-state index is -3.11. The first-order valence-corrected chi connectivity index (χ1v) is 13.2. The van der Waals surface area contributed by atoms with Gasteiger partial charge in [0, 0.05) is 24.8 Å². The number of carbonyl (C=O) groups is 1. The fraction of sp³-hybridized carbons (Fsp3) is 0.417. The molecular formula is C24H28N4O4S. The molecule has 2 aromatic carbocycles. The van der Waals surface area contributed by atoms with Gasteiger partial charge in [-0.3, -0.25) is 14.3 Å². The van der Waals surface area contributed by atoms with E-state index in [9.17, 15) is 18.0 Å². The molecule has 0 bridgehead atoms. The highest BCUT2D eigenvalue weighted by Gasteiger charge is 2.36. The van der Waals surface area contributed by atoms with Crippen LogP contribution in [0.1, 0.15) is 25.3 Å². The SMILES string of the molecule is O=C(CN1CCC(n2c(=O)[nH]c3ccccc32)CC1)N(c1ccccc1)[C@H]1CCS(=O)(=O)C1. The first kappa shape index (κ1) is 21.9. The summed E-state index contributed by atoms with van der Waals surface area (Å²) in [7, 11) is -3.11. The highest BCUT2D eigenvalue weighted by Crippen LogP contribution is 2.27. The summed E-state index contributed by atoms with van der Waals surface area (Å²) >= 11 is 0. The number of sulfone groups is 1. The summed E-state index contributed by atoms with van der Waals surface area (Å²) in [5, 5.41) is 0. The molecule has 2 aliphatic heterocycles. The van der Waals surface area contributed by atoms with E-state index in [2.05, 4.69) is 9.88 Å². The summed E-state index contributed by atoms with van der Waals surface area (Å²) < 4.78 is 26.0. The lowest BCUT2D eigenvalue weighted by atomic mass is 10.0. The summed E-state index contributed by atoms with van der Waals surface area (Å²) in [4.78, 5) is 32.6. The lowest BCUT2D eigenvalue weighted by Gasteiger charge is -2.35. The molecule has 1 amide bonds. The van der Waals surface area contributed by atoms with Crippen LogP contribution in [0.4, 0.5) is 5.69 Å². The average Bonchev–Trinajstić information content (AvgIpc) is 3.33. The van der Waals surface area contributed by atoms with Gasteiger partial charge < -0.3 is 9.88 Å². The van der Waals surface area contributed by atoms with Gasteiger partial charge in [0.2, 0.25) is 5.91 Å². The Kier molecular flexibility index (Phi) is 5.84. The maximum absolute atomic E-state index is 13.4. The molecule has 2 saturated heterocycles. The molecule has 33 heavy (non-hydrogen) atoms. The van der Waals surface area contributed by atoms with Gasteiger partial charge >= 0.3 is 5.69 Å². The molecular weight excluding hydrogens is 440 g/mol. The highest BCUT2D eigenvalue weighted by atomic mass is 32.2. The number of hydrogen-bond acceptors (Lipinski definition) is 5. The van der Waals surface area contributed by atoms with Gasteiger partial charge in [-0.15, -0.1) is 0 Å². The van der Waals surface area contributed by atoms with Crippen LogP contribution in [0.25, 0.3) is 11.0 Å². The van der Waals surface area contributed by atoms with Gasteiger partial charge in [0.15, 0.2) is 9.84 Å². The van der Waals surface area contributed by atoms with Gasteiger partial charge in [0.25, 0.3) is 0 Å². The van der Waals surface area contributed by atoms with Crippen LogP contribution < -0.4 is 10.6 Å². The number of H-pyrrole nitrogens is 1. The predicted octanol–water partition coefficient (Wildman–Crippen LogP) is 2.19. The summed E-state index contributed by atoms with van der Waals surface area (Å²) in [6.07, 6.45) is 2.02. The molecule has 2 fully saturated rings. The van der Waals surface area contributed by atoms with Gasteiger partial charge in [-0.2, -0.15) is 0 Å². The van der Waals surface area contributed by atoms with E-state index in [1.54, 1.807) is 4.90 Å². The largest absolute Gasteiger partial charge is 0.326 e. The molecule has 3 heterocycles. The monoisotopic (exact) mass is 468 g/mol. The third kappa shape index (κ3) is 4.47. The molecule has 0 radical (unpaired) electrons. The van der Waals surface area contributed by atoms with E-state index >= 15 is 0 Å². The molecule has 1 atom stereocenters. The first-order valence-electron chi connectivity index (χ1n) is 11.4. The van der Waals surface area contributed by atoms with E-state index in [-0.39, 0.29) is 41.7 Å². The van der Waals surface area contributed by atoms with Crippen LogP contribution in [-0.4, -0.2) is 66.0 Å². The standard InChI is InChI=1S/C24H28N4O4S/c29-23(27(18-6-2-1-3-7-18)20-12-15-33(31,32)17-20)16-26-13-10-19(11-14-26)28-22-9-5-4-8-21(22)25-24(28)30/h1-9,19-20H,10-17H2,(H,25,30)/t20-/m0/s1. The molecule has 0 spiro atoms. The van der Waals surface area contributed by atoms with E-state index in [1.165, 1.54) is 0 Å². The second kappa shape index (κ2) is 8.79. The second-order valence-electron chi connectivity index (χ2n) is 8.98. The molecule has 0 saturated carbocycles. The lowest BCUT2D eigenvalue weighted by Crippen LogP contribution is -2.48. The molecule has 2 aliphatic rings. The van der Waals surface area contributed by atoms with Crippen LogP contribution in [0.3, 0.4) is 0 Å². The van der Waals surface area contributed by atoms with Crippen LogP contribution in [0, 0.1) is 0 Å². The smallest absolute Gasteiger partial charge is 0.307 e. The molecule has 0 aliphatic carbocycles. The Balaban J connectivity index is 1.28. The quantitative estimate of drug-likeness (QED) is 0.619. The van der Waals surface area contributed by atoms with Crippen molar-refractivity contribution in [1.82, 2.24) is 14.5 Å². The molecule has 3 aromatic rings. The Morgan fingerprint density at radius 2 is 1.70 bits per heavy atom. The average molecular weight is 469 g/mol.